The first kappa shape index (κ1) is 14.0. The summed E-state index contributed by atoms with van der Waals surface area (Å²) in [6.45, 7) is 4.88. The quantitative estimate of drug-likeness (QED) is 0.795. The Morgan fingerprint density at radius 1 is 1.53 bits per heavy atom. The monoisotopic (exact) mass is 255 g/mol. The Bertz CT molecular complexity index is 368. The lowest BCUT2D eigenvalue weighted by molar-refractivity contribution is -0.143. The number of hydrogen-bond donors (Lipinski definition) is 1. The summed E-state index contributed by atoms with van der Waals surface area (Å²) < 4.78 is 4.85. The number of benzene rings is 1. The van der Waals surface area contributed by atoms with E-state index in [0.717, 1.165) is 10.6 Å². The summed E-state index contributed by atoms with van der Waals surface area (Å²) in [5.41, 5.74) is 1.11. The molecule has 0 saturated carbocycles. The zero-order valence-corrected chi connectivity index (χ0v) is 11.0. The molecule has 0 aliphatic heterocycles. The molecule has 0 aliphatic carbocycles. The highest BCUT2D eigenvalue weighted by molar-refractivity contribution is 6.30. The molecule has 0 heterocycles. The van der Waals surface area contributed by atoms with Crippen molar-refractivity contribution in [3.63, 3.8) is 0 Å². The predicted molar refractivity (Wildman–Crippen MR) is 69.1 cm³/mol. The molecule has 1 atom stereocenters. The van der Waals surface area contributed by atoms with Gasteiger partial charge in [-0.15, -0.1) is 0 Å². The number of nitrogens with one attached hydrogen (secondary N) is 1. The molecule has 0 spiro atoms. The standard InChI is InChI=1S/C13H18ClNO2/c1-3-17-13(16)7-8-15-10(2)11-5-4-6-12(14)9-11/h4-6,9-10,15H,3,7-8H2,1-2H3/t10-/m1/s1. The normalized spacial score (nSPS) is 12.2. The average molecular weight is 256 g/mol. The fraction of sp³-hybridized carbons (Fsp3) is 0.462. The zero-order valence-electron chi connectivity index (χ0n) is 10.2. The Morgan fingerprint density at radius 2 is 2.29 bits per heavy atom. The van der Waals surface area contributed by atoms with Crippen LogP contribution < -0.4 is 5.32 Å². The van der Waals surface area contributed by atoms with Crippen LogP contribution in [0.4, 0.5) is 0 Å². The van der Waals surface area contributed by atoms with Gasteiger partial charge in [0, 0.05) is 17.6 Å². The first-order valence-electron chi connectivity index (χ1n) is 5.78. The lowest BCUT2D eigenvalue weighted by atomic mass is 10.1. The molecule has 4 heteroatoms. The molecule has 1 N–H and O–H groups in total. The molecule has 0 bridgehead atoms. The van der Waals surface area contributed by atoms with Gasteiger partial charge in [0.2, 0.25) is 0 Å². The van der Waals surface area contributed by atoms with Crippen LogP contribution in [-0.4, -0.2) is 19.1 Å². The van der Waals surface area contributed by atoms with Gasteiger partial charge in [0.25, 0.3) is 0 Å². The molecule has 1 rings (SSSR count). The molecule has 0 aromatic heterocycles. The Labute approximate surface area is 107 Å². The van der Waals surface area contributed by atoms with Crippen molar-refractivity contribution in [1.82, 2.24) is 5.32 Å². The minimum Gasteiger partial charge on any atom is -0.466 e. The van der Waals surface area contributed by atoms with E-state index in [0.29, 0.717) is 19.6 Å². The van der Waals surface area contributed by atoms with Crippen molar-refractivity contribution in [2.45, 2.75) is 26.3 Å². The van der Waals surface area contributed by atoms with Crippen LogP contribution in [0.3, 0.4) is 0 Å². The second kappa shape index (κ2) is 7.30. The van der Waals surface area contributed by atoms with E-state index < -0.39 is 0 Å². The van der Waals surface area contributed by atoms with Crippen molar-refractivity contribution in [2.75, 3.05) is 13.2 Å². The van der Waals surface area contributed by atoms with Crippen LogP contribution in [0.25, 0.3) is 0 Å². The van der Waals surface area contributed by atoms with Crippen LogP contribution in [0.15, 0.2) is 24.3 Å². The van der Waals surface area contributed by atoms with Crippen LogP contribution in [0.2, 0.25) is 5.02 Å². The molecular weight excluding hydrogens is 238 g/mol. The fourth-order valence-corrected chi connectivity index (χ4v) is 1.72. The van der Waals surface area contributed by atoms with Crippen LogP contribution in [-0.2, 0) is 9.53 Å². The highest BCUT2D eigenvalue weighted by Gasteiger charge is 2.06. The van der Waals surface area contributed by atoms with Crippen molar-refractivity contribution in [1.29, 1.82) is 0 Å². The van der Waals surface area contributed by atoms with Gasteiger partial charge in [-0.25, -0.2) is 0 Å². The van der Waals surface area contributed by atoms with E-state index in [1.54, 1.807) is 6.92 Å². The van der Waals surface area contributed by atoms with Crippen molar-refractivity contribution in [3.05, 3.63) is 34.9 Å². The third-order valence-corrected chi connectivity index (χ3v) is 2.67. The molecular formula is C13H18ClNO2. The van der Waals surface area contributed by atoms with Gasteiger partial charge in [-0.05, 0) is 31.5 Å². The average Bonchev–Trinajstić information content (AvgIpc) is 2.29. The minimum absolute atomic E-state index is 0.168. The maximum Gasteiger partial charge on any atom is 0.307 e. The van der Waals surface area contributed by atoms with Gasteiger partial charge >= 0.3 is 5.97 Å². The third kappa shape index (κ3) is 5.20. The highest BCUT2D eigenvalue weighted by atomic mass is 35.5. The van der Waals surface area contributed by atoms with E-state index in [2.05, 4.69) is 5.32 Å². The molecule has 1 aromatic rings. The van der Waals surface area contributed by atoms with Gasteiger partial charge in [0.1, 0.15) is 0 Å². The Morgan fingerprint density at radius 3 is 2.94 bits per heavy atom. The smallest absolute Gasteiger partial charge is 0.307 e. The number of esters is 1. The van der Waals surface area contributed by atoms with Gasteiger partial charge in [-0.2, -0.15) is 0 Å². The summed E-state index contributed by atoms with van der Waals surface area (Å²) in [5.74, 6) is -0.168. The molecule has 0 fully saturated rings. The number of ether oxygens (including phenoxy) is 1. The van der Waals surface area contributed by atoms with E-state index in [1.165, 1.54) is 0 Å². The highest BCUT2D eigenvalue weighted by Crippen LogP contribution is 2.17. The zero-order chi connectivity index (χ0) is 12.7. The van der Waals surface area contributed by atoms with Crippen LogP contribution >= 0.6 is 11.6 Å². The molecule has 0 radical (unpaired) electrons. The lowest BCUT2D eigenvalue weighted by Crippen LogP contribution is -2.22. The van der Waals surface area contributed by atoms with E-state index in [9.17, 15) is 4.79 Å². The second-order valence-electron chi connectivity index (χ2n) is 3.79. The molecule has 0 aliphatic rings. The molecule has 94 valence electrons. The fourth-order valence-electron chi connectivity index (χ4n) is 1.52. The molecule has 17 heavy (non-hydrogen) atoms. The Hall–Kier alpha value is -1.06. The third-order valence-electron chi connectivity index (χ3n) is 2.43. The van der Waals surface area contributed by atoms with Gasteiger partial charge in [-0.1, -0.05) is 23.7 Å². The van der Waals surface area contributed by atoms with Crippen LogP contribution in [0.5, 0.6) is 0 Å². The summed E-state index contributed by atoms with van der Waals surface area (Å²) >= 11 is 5.91. The molecule has 3 nitrogen and oxygen atoms in total. The number of carbonyl (C=O) groups is 1. The van der Waals surface area contributed by atoms with Crippen molar-refractivity contribution in [2.24, 2.45) is 0 Å². The topological polar surface area (TPSA) is 38.3 Å². The van der Waals surface area contributed by atoms with Gasteiger partial charge in [0.05, 0.1) is 13.0 Å². The number of rotatable bonds is 6. The predicted octanol–water partition coefficient (Wildman–Crippen LogP) is 2.94. The summed E-state index contributed by atoms with van der Waals surface area (Å²) in [5, 5.41) is 3.98. The van der Waals surface area contributed by atoms with Crippen molar-refractivity contribution >= 4 is 17.6 Å². The van der Waals surface area contributed by atoms with E-state index in [1.807, 2.05) is 31.2 Å². The van der Waals surface area contributed by atoms with Gasteiger partial charge in [-0.3, -0.25) is 4.79 Å². The summed E-state index contributed by atoms with van der Waals surface area (Å²) in [6.07, 6.45) is 0.388. The van der Waals surface area contributed by atoms with Crippen LogP contribution in [0, 0.1) is 0 Å². The summed E-state index contributed by atoms with van der Waals surface area (Å²) in [7, 11) is 0. The van der Waals surface area contributed by atoms with Gasteiger partial charge in [0.15, 0.2) is 0 Å². The van der Waals surface area contributed by atoms with E-state index in [-0.39, 0.29) is 12.0 Å². The van der Waals surface area contributed by atoms with Crippen molar-refractivity contribution in [3.8, 4) is 0 Å². The molecule has 0 unspecified atom stereocenters. The minimum atomic E-state index is -0.168. The Kier molecular flexibility index (Phi) is 6.01. The largest absolute Gasteiger partial charge is 0.466 e. The maximum atomic E-state index is 11.1. The summed E-state index contributed by atoms with van der Waals surface area (Å²) in [6, 6.07) is 7.86. The second-order valence-corrected chi connectivity index (χ2v) is 4.22. The van der Waals surface area contributed by atoms with E-state index in [4.69, 9.17) is 16.3 Å². The SMILES string of the molecule is CCOC(=O)CCN[C@H](C)c1cccc(Cl)c1. The maximum absolute atomic E-state index is 11.1. The molecule has 0 amide bonds. The first-order chi connectivity index (χ1) is 8.13. The number of carbonyl (C=O) groups excluding carboxylic acids is 1. The Balaban J connectivity index is 2.35. The van der Waals surface area contributed by atoms with Crippen LogP contribution in [0.1, 0.15) is 31.9 Å². The first-order valence-corrected chi connectivity index (χ1v) is 6.15. The molecule has 1 aromatic carbocycles. The molecule has 0 saturated heterocycles. The van der Waals surface area contributed by atoms with E-state index >= 15 is 0 Å². The lowest BCUT2D eigenvalue weighted by Gasteiger charge is -2.14. The number of hydrogen-bond acceptors (Lipinski definition) is 3. The number of halogens is 1. The van der Waals surface area contributed by atoms with Gasteiger partial charge < -0.3 is 10.1 Å². The summed E-state index contributed by atoms with van der Waals surface area (Å²) in [4.78, 5) is 11.1. The van der Waals surface area contributed by atoms with Crippen molar-refractivity contribution < 1.29 is 9.53 Å².